The predicted octanol–water partition coefficient (Wildman–Crippen LogP) is 0.935. The number of fused-ring (bicyclic) bond motifs is 3. The minimum Gasteiger partial charge on any atom is -0.393 e. The molecule has 0 aliphatic heterocycles. The summed E-state index contributed by atoms with van der Waals surface area (Å²) < 4.78 is 1.90. The largest absolute Gasteiger partial charge is 0.393 e. The maximum absolute atomic E-state index is 9.81. The van der Waals surface area contributed by atoms with Gasteiger partial charge in [-0.3, -0.25) is 0 Å². The van der Waals surface area contributed by atoms with Gasteiger partial charge in [-0.05, 0) is 31.1 Å². The van der Waals surface area contributed by atoms with Gasteiger partial charge in [0.15, 0.2) is 11.5 Å². The van der Waals surface area contributed by atoms with Gasteiger partial charge in [0.25, 0.3) is 0 Å². The fraction of sp³-hybridized carbons (Fsp3) is 0.615. The van der Waals surface area contributed by atoms with E-state index in [1.54, 1.807) is 12.7 Å². The summed E-state index contributed by atoms with van der Waals surface area (Å²) in [5.41, 5.74) is 1.68. The van der Waals surface area contributed by atoms with Crippen LogP contribution in [-0.2, 0) is 7.05 Å². The van der Waals surface area contributed by atoms with Crippen molar-refractivity contribution >= 4 is 17.0 Å². The van der Waals surface area contributed by atoms with Crippen molar-refractivity contribution in [2.24, 2.45) is 18.9 Å². The van der Waals surface area contributed by atoms with E-state index < -0.39 is 0 Å². The molecule has 19 heavy (non-hydrogen) atoms. The third-order valence-electron chi connectivity index (χ3n) is 4.64. The Morgan fingerprint density at radius 2 is 2.11 bits per heavy atom. The third kappa shape index (κ3) is 1.63. The Hall–Kier alpha value is -1.69. The Labute approximate surface area is 110 Å². The highest BCUT2D eigenvalue weighted by Gasteiger charge is 2.45. The van der Waals surface area contributed by atoms with E-state index in [9.17, 15) is 5.11 Å². The van der Waals surface area contributed by atoms with Crippen molar-refractivity contribution in [2.75, 3.05) is 5.32 Å². The van der Waals surface area contributed by atoms with Crippen LogP contribution in [0.25, 0.3) is 11.2 Å². The fourth-order valence-electron chi connectivity index (χ4n) is 3.65. The van der Waals surface area contributed by atoms with Crippen LogP contribution in [0.5, 0.6) is 0 Å². The molecule has 0 spiro atoms. The summed E-state index contributed by atoms with van der Waals surface area (Å²) in [6, 6.07) is 0.411. The lowest BCUT2D eigenvalue weighted by Crippen LogP contribution is -2.31. The molecule has 0 aromatic carbocycles. The quantitative estimate of drug-likeness (QED) is 0.839. The molecule has 2 fully saturated rings. The van der Waals surface area contributed by atoms with Crippen LogP contribution < -0.4 is 5.32 Å². The first-order valence-electron chi connectivity index (χ1n) is 6.79. The molecule has 2 aromatic rings. The van der Waals surface area contributed by atoms with Crippen LogP contribution in [0.2, 0.25) is 0 Å². The zero-order valence-electron chi connectivity index (χ0n) is 10.8. The fourth-order valence-corrected chi connectivity index (χ4v) is 3.65. The van der Waals surface area contributed by atoms with Crippen LogP contribution in [0.15, 0.2) is 12.7 Å². The van der Waals surface area contributed by atoms with E-state index in [2.05, 4.69) is 20.3 Å². The number of hydrogen-bond acceptors (Lipinski definition) is 5. The Morgan fingerprint density at radius 1 is 1.21 bits per heavy atom. The maximum atomic E-state index is 9.81. The number of aliphatic hydroxyl groups is 1. The van der Waals surface area contributed by atoms with Crippen LogP contribution >= 0.6 is 0 Å². The molecule has 0 amide bonds. The molecule has 0 radical (unpaired) electrons. The van der Waals surface area contributed by atoms with Gasteiger partial charge in [0.2, 0.25) is 0 Å². The summed E-state index contributed by atoms with van der Waals surface area (Å²) in [7, 11) is 1.93. The van der Waals surface area contributed by atoms with Crippen molar-refractivity contribution in [1.29, 1.82) is 0 Å². The topological polar surface area (TPSA) is 75.9 Å². The highest BCUT2D eigenvalue weighted by atomic mass is 16.3. The van der Waals surface area contributed by atoms with Crippen LogP contribution in [0, 0.1) is 11.8 Å². The van der Waals surface area contributed by atoms with Gasteiger partial charge in [-0.1, -0.05) is 0 Å². The summed E-state index contributed by atoms with van der Waals surface area (Å²) in [6.07, 6.45) is 6.32. The van der Waals surface area contributed by atoms with Crippen LogP contribution in [-0.4, -0.2) is 36.8 Å². The Morgan fingerprint density at radius 3 is 2.84 bits per heavy atom. The molecule has 2 bridgehead atoms. The summed E-state index contributed by atoms with van der Waals surface area (Å²) in [4.78, 5) is 12.9. The Kier molecular flexibility index (Phi) is 2.29. The number of aryl methyl sites for hydroxylation is 1. The maximum Gasteiger partial charge on any atom is 0.165 e. The lowest BCUT2D eigenvalue weighted by molar-refractivity contribution is 0.110. The van der Waals surface area contributed by atoms with E-state index in [0.717, 1.165) is 36.2 Å². The molecule has 0 unspecified atom stereocenters. The van der Waals surface area contributed by atoms with Gasteiger partial charge >= 0.3 is 0 Å². The first-order chi connectivity index (χ1) is 9.22. The average Bonchev–Trinajstić information content (AvgIpc) is 3.05. The number of rotatable bonds is 2. The molecule has 2 aromatic heterocycles. The number of anilines is 1. The average molecular weight is 259 g/mol. The van der Waals surface area contributed by atoms with Crippen molar-refractivity contribution < 1.29 is 5.11 Å². The summed E-state index contributed by atoms with van der Waals surface area (Å²) >= 11 is 0. The van der Waals surface area contributed by atoms with Gasteiger partial charge in [-0.2, -0.15) is 0 Å². The van der Waals surface area contributed by atoms with Gasteiger partial charge in [-0.15, -0.1) is 0 Å². The van der Waals surface area contributed by atoms with E-state index in [1.165, 1.54) is 0 Å². The molecule has 2 N–H and O–H groups in total. The SMILES string of the molecule is Cn1cnc2c(N[C@@H]3C[C@H]4C[C@@H]3C[C@H]4O)ncnc21. The number of nitrogens with zero attached hydrogens (tertiary/aromatic N) is 4. The van der Waals surface area contributed by atoms with Gasteiger partial charge in [0.05, 0.1) is 12.4 Å². The van der Waals surface area contributed by atoms with Gasteiger partial charge in [0, 0.05) is 13.1 Å². The second-order valence-electron chi connectivity index (χ2n) is 5.80. The smallest absolute Gasteiger partial charge is 0.165 e. The molecule has 0 saturated heterocycles. The van der Waals surface area contributed by atoms with E-state index in [-0.39, 0.29) is 6.10 Å². The zero-order chi connectivity index (χ0) is 13.0. The number of aromatic nitrogens is 4. The normalized spacial score (nSPS) is 33.2. The van der Waals surface area contributed by atoms with Crippen molar-refractivity contribution in [3.05, 3.63) is 12.7 Å². The molecule has 6 nitrogen and oxygen atoms in total. The minimum absolute atomic E-state index is 0.0941. The standard InChI is InChI=1S/C13H17N5O/c1-18-6-16-11-12(14-5-15-13(11)18)17-9-3-8-2-7(9)4-10(8)19/h5-10,19H,2-4H2,1H3,(H,14,15,17)/t7-,8-,9-,10-/m1/s1. The predicted molar refractivity (Wildman–Crippen MR) is 70.6 cm³/mol. The Balaban J connectivity index is 1.63. The van der Waals surface area contributed by atoms with E-state index in [0.29, 0.717) is 17.9 Å². The number of imidazole rings is 1. The second kappa shape index (κ2) is 3.90. The van der Waals surface area contributed by atoms with Crippen LogP contribution in [0.1, 0.15) is 19.3 Å². The second-order valence-corrected chi connectivity index (χ2v) is 5.80. The molecular weight excluding hydrogens is 242 g/mol. The zero-order valence-corrected chi connectivity index (χ0v) is 10.8. The number of nitrogens with one attached hydrogen (secondary N) is 1. The van der Waals surface area contributed by atoms with Crippen molar-refractivity contribution in [1.82, 2.24) is 19.5 Å². The molecule has 4 rings (SSSR count). The molecule has 100 valence electrons. The van der Waals surface area contributed by atoms with Gasteiger partial charge < -0.3 is 15.0 Å². The Bertz CT molecular complexity index is 623. The van der Waals surface area contributed by atoms with Crippen LogP contribution in [0.4, 0.5) is 5.82 Å². The monoisotopic (exact) mass is 259 g/mol. The molecule has 2 aliphatic carbocycles. The van der Waals surface area contributed by atoms with E-state index in [1.807, 2.05) is 11.6 Å². The van der Waals surface area contributed by atoms with Crippen molar-refractivity contribution in [2.45, 2.75) is 31.4 Å². The van der Waals surface area contributed by atoms with Crippen molar-refractivity contribution in [3.63, 3.8) is 0 Å². The van der Waals surface area contributed by atoms with Gasteiger partial charge in [0.1, 0.15) is 11.8 Å². The minimum atomic E-state index is -0.0941. The molecule has 2 aliphatic rings. The lowest BCUT2D eigenvalue weighted by Gasteiger charge is -2.26. The highest BCUT2D eigenvalue weighted by Crippen LogP contribution is 2.45. The molecule has 6 heteroatoms. The lowest BCUT2D eigenvalue weighted by atomic mass is 9.93. The number of hydrogen-bond donors (Lipinski definition) is 2. The highest BCUT2D eigenvalue weighted by molar-refractivity contribution is 5.82. The summed E-state index contributed by atoms with van der Waals surface area (Å²) in [5, 5.41) is 13.3. The summed E-state index contributed by atoms with van der Waals surface area (Å²) in [5.74, 6) is 1.84. The van der Waals surface area contributed by atoms with E-state index in [4.69, 9.17) is 0 Å². The van der Waals surface area contributed by atoms with E-state index >= 15 is 0 Å². The van der Waals surface area contributed by atoms with Crippen LogP contribution in [0.3, 0.4) is 0 Å². The first kappa shape index (κ1) is 11.2. The molecule has 2 saturated carbocycles. The van der Waals surface area contributed by atoms with Crippen molar-refractivity contribution in [3.8, 4) is 0 Å². The molecule has 4 atom stereocenters. The first-order valence-corrected chi connectivity index (χ1v) is 6.79. The summed E-state index contributed by atoms with van der Waals surface area (Å²) in [6.45, 7) is 0. The van der Waals surface area contributed by atoms with Gasteiger partial charge in [-0.25, -0.2) is 15.0 Å². The third-order valence-corrected chi connectivity index (χ3v) is 4.64. The number of aliphatic hydroxyl groups excluding tert-OH is 1. The molecule has 2 heterocycles. The molecular formula is C13H17N5O.